The van der Waals surface area contributed by atoms with Crippen LogP contribution in [0.4, 0.5) is 0 Å². The zero-order chi connectivity index (χ0) is 9.68. The Morgan fingerprint density at radius 3 is 3.15 bits per heavy atom. The van der Waals surface area contributed by atoms with Crippen molar-refractivity contribution < 1.29 is 0 Å². The lowest BCUT2D eigenvalue weighted by Gasteiger charge is -1.93. The molecule has 0 aromatic carbocycles. The minimum Gasteiger partial charge on any atom is -0.373 e. The van der Waals surface area contributed by atoms with E-state index in [9.17, 15) is 0 Å². The van der Waals surface area contributed by atoms with Crippen LogP contribution in [0.25, 0.3) is 0 Å². The normalized spacial score (nSPS) is 15.0. The molecule has 0 amide bonds. The highest BCUT2D eigenvalue weighted by Crippen LogP contribution is 1.86. The summed E-state index contributed by atoms with van der Waals surface area (Å²) in [7, 11) is 0. The van der Waals surface area contributed by atoms with Gasteiger partial charge in [-0.2, -0.15) is 0 Å². The molecule has 0 spiro atoms. The average molecular weight is 175 g/mol. The van der Waals surface area contributed by atoms with E-state index < -0.39 is 0 Å². The summed E-state index contributed by atoms with van der Waals surface area (Å²) in [5.41, 5.74) is 6.26. The van der Waals surface area contributed by atoms with Gasteiger partial charge in [0.25, 0.3) is 0 Å². The predicted octanol–water partition coefficient (Wildman–Crippen LogP) is -0.314. The molecule has 0 aliphatic carbocycles. The van der Waals surface area contributed by atoms with Crippen molar-refractivity contribution in [2.24, 2.45) is 10.7 Å². The van der Waals surface area contributed by atoms with Gasteiger partial charge < -0.3 is 5.73 Å². The lowest BCUT2D eigenvalue weighted by molar-refractivity contribution is 1.12. The van der Waals surface area contributed by atoms with Crippen LogP contribution in [0.1, 0.15) is 6.92 Å². The summed E-state index contributed by atoms with van der Waals surface area (Å²) in [6.45, 7) is 5.48. The van der Waals surface area contributed by atoms with Gasteiger partial charge in [-0.05, 0) is 13.0 Å². The van der Waals surface area contributed by atoms with Crippen LogP contribution in [0.2, 0.25) is 0 Å². The molecule has 3 N–H and O–H groups in total. The highest BCUT2D eigenvalue weighted by atomic mass is 15.0. The molecule has 4 nitrogen and oxygen atoms in total. The van der Waals surface area contributed by atoms with E-state index in [0.717, 1.165) is 5.70 Å². The Balaban J connectivity index is 2.78. The second-order valence-corrected chi connectivity index (χ2v) is 2.46. The largest absolute Gasteiger partial charge is 0.402 e. The number of hydrogen-bond acceptors (Lipinski definition) is 3. The summed E-state index contributed by atoms with van der Waals surface area (Å²) < 4.78 is 3.90. The van der Waals surface area contributed by atoms with Crippen molar-refractivity contribution >= 4 is 17.9 Å². The summed E-state index contributed by atoms with van der Waals surface area (Å²) in [5.74, 6) is 3.45. The second-order valence-electron chi connectivity index (χ2n) is 2.46. The summed E-state index contributed by atoms with van der Waals surface area (Å²) in [4.78, 5) is 3.84. The van der Waals surface area contributed by atoms with E-state index in [2.05, 4.69) is 27.4 Å². The third-order valence-corrected chi connectivity index (χ3v) is 1.31. The topological polar surface area (TPSA) is 64.5 Å². The van der Waals surface area contributed by atoms with Gasteiger partial charge in [-0.3, -0.25) is 0 Å². The van der Waals surface area contributed by atoms with Crippen LogP contribution >= 0.6 is 0 Å². The molecule has 1 aliphatic heterocycles. The molecule has 0 bridgehead atoms. The van der Waals surface area contributed by atoms with Crippen LogP contribution in [0.5, 0.6) is 0 Å². The Kier molecular flexibility index (Phi) is 2.87. The van der Waals surface area contributed by atoms with Crippen molar-refractivity contribution in [3.05, 3.63) is 30.2 Å². The number of nitrogens with two attached hydrogens (primary N) is 1. The summed E-state index contributed by atoms with van der Waals surface area (Å²) in [5, 5.41) is 3.00. The molecule has 0 saturated heterocycles. The Hall–Kier alpha value is -2.02. The molecule has 1 aliphatic rings. The van der Waals surface area contributed by atoms with Crippen LogP contribution in [0.3, 0.4) is 0 Å². The standard InChI is InChI=1S/C9H10N4/c1-3-4-7(2)13-9-6-11-8(10)5-12-9/h3-4,6H,1,10H2,2H3/p+1/b7-4+. The molecular formula is C9H11N4+. The van der Waals surface area contributed by atoms with Gasteiger partial charge in [0.2, 0.25) is 11.7 Å². The molecule has 0 aromatic rings. The van der Waals surface area contributed by atoms with Crippen molar-refractivity contribution in [2.45, 2.75) is 6.92 Å². The number of hydrogen-bond donors (Lipinski definition) is 2. The SMILES string of the molecule is C=C/C=C(\C)NC1=[N+]=C=C(N)N=C1. The lowest BCUT2D eigenvalue weighted by atomic mass is 10.4. The summed E-state index contributed by atoms with van der Waals surface area (Å²) in [6, 6.07) is 0. The Labute approximate surface area is 76.6 Å². The average Bonchev–Trinajstić information content (AvgIpc) is 2.09. The van der Waals surface area contributed by atoms with Gasteiger partial charge in [-0.25, -0.2) is 10.3 Å². The number of nitrogens with zero attached hydrogens (tertiary/aromatic N) is 2. The fraction of sp³-hybridized carbons (Fsp3) is 0.111. The van der Waals surface area contributed by atoms with E-state index in [1.54, 1.807) is 12.3 Å². The van der Waals surface area contributed by atoms with Gasteiger partial charge in [0.05, 0.1) is 5.70 Å². The smallest absolute Gasteiger partial charge is 0.373 e. The van der Waals surface area contributed by atoms with E-state index in [1.165, 1.54) is 0 Å². The van der Waals surface area contributed by atoms with Gasteiger partial charge in [-0.15, -0.1) is 4.67 Å². The van der Waals surface area contributed by atoms with E-state index in [-0.39, 0.29) is 5.82 Å². The summed E-state index contributed by atoms with van der Waals surface area (Å²) >= 11 is 0. The van der Waals surface area contributed by atoms with Crippen LogP contribution < -0.4 is 15.7 Å². The van der Waals surface area contributed by atoms with Crippen molar-refractivity contribution in [3.63, 3.8) is 0 Å². The Morgan fingerprint density at radius 2 is 2.62 bits per heavy atom. The van der Waals surface area contributed by atoms with Gasteiger partial charge in [0.15, 0.2) is 0 Å². The van der Waals surface area contributed by atoms with Crippen LogP contribution in [0.15, 0.2) is 35.2 Å². The molecule has 4 heteroatoms. The lowest BCUT2D eigenvalue weighted by Crippen LogP contribution is -2.27. The van der Waals surface area contributed by atoms with Gasteiger partial charge in [-0.1, -0.05) is 12.7 Å². The maximum absolute atomic E-state index is 5.33. The number of aliphatic imine (C=N–C) groups is 1. The molecule has 0 fully saturated rings. The first kappa shape index (κ1) is 9.07. The van der Waals surface area contributed by atoms with Crippen LogP contribution in [0, 0.1) is 0 Å². The van der Waals surface area contributed by atoms with Crippen molar-refractivity contribution in [1.82, 2.24) is 9.98 Å². The highest BCUT2D eigenvalue weighted by molar-refractivity contribution is 6.30. The molecule has 1 heterocycles. The minimum absolute atomic E-state index is 0.288. The molecule has 1 rings (SSSR count). The third-order valence-electron chi connectivity index (χ3n) is 1.31. The molecule has 0 unspecified atom stereocenters. The Morgan fingerprint density at radius 1 is 1.85 bits per heavy atom. The molecule has 0 saturated carbocycles. The second kappa shape index (κ2) is 4.12. The first-order chi connectivity index (χ1) is 6.22. The monoisotopic (exact) mass is 175 g/mol. The van der Waals surface area contributed by atoms with Gasteiger partial charge in [0.1, 0.15) is 6.21 Å². The quantitative estimate of drug-likeness (QED) is 0.446. The van der Waals surface area contributed by atoms with Crippen LogP contribution in [-0.2, 0) is 0 Å². The number of amidine groups is 1. The number of rotatable bonds is 2. The molecule has 0 aromatic heterocycles. The van der Waals surface area contributed by atoms with E-state index in [4.69, 9.17) is 5.73 Å². The fourth-order valence-electron chi connectivity index (χ4n) is 0.787. The maximum Gasteiger partial charge on any atom is 0.402 e. The van der Waals surface area contributed by atoms with E-state index in [1.807, 2.05) is 13.0 Å². The molecular weight excluding hydrogens is 164 g/mol. The first-order valence-corrected chi connectivity index (χ1v) is 3.79. The summed E-state index contributed by atoms with van der Waals surface area (Å²) in [6.07, 6.45) is 5.07. The molecule has 13 heavy (non-hydrogen) atoms. The van der Waals surface area contributed by atoms with Crippen molar-refractivity contribution in [1.29, 1.82) is 0 Å². The van der Waals surface area contributed by atoms with Crippen molar-refractivity contribution in [3.8, 4) is 0 Å². The maximum atomic E-state index is 5.33. The molecule has 66 valence electrons. The number of nitrogens with one attached hydrogen (secondary N) is 1. The van der Waals surface area contributed by atoms with Crippen molar-refractivity contribution in [2.75, 3.05) is 0 Å². The van der Waals surface area contributed by atoms with Crippen LogP contribution in [-0.4, -0.2) is 17.9 Å². The van der Waals surface area contributed by atoms with Gasteiger partial charge >= 0.3 is 5.84 Å². The molecule has 0 atom stereocenters. The zero-order valence-electron chi connectivity index (χ0n) is 7.41. The predicted molar refractivity (Wildman–Crippen MR) is 55.4 cm³/mol. The highest BCUT2D eigenvalue weighted by Gasteiger charge is 2.07. The minimum atomic E-state index is 0.288. The fourth-order valence-corrected chi connectivity index (χ4v) is 0.787. The third kappa shape index (κ3) is 2.83. The first-order valence-electron chi connectivity index (χ1n) is 3.79. The van der Waals surface area contributed by atoms with E-state index in [0.29, 0.717) is 5.84 Å². The van der Waals surface area contributed by atoms with Gasteiger partial charge in [0, 0.05) is 0 Å². The van der Waals surface area contributed by atoms with E-state index >= 15 is 0 Å². The zero-order valence-corrected chi connectivity index (χ0v) is 7.41. The number of allylic oxidation sites excluding steroid dienone is 3. The molecule has 0 radical (unpaired) electrons. The Bertz CT molecular complexity index is 374.